The van der Waals surface area contributed by atoms with E-state index in [9.17, 15) is 4.39 Å². The first-order valence-corrected chi connectivity index (χ1v) is 15.1. The number of rotatable bonds is 11. The van der Waals surface area contributed by atoms with Gasteiger partial charge in [0.2, 0.25) is 0 Å². The molecule has 0 aliphatic heterocycles. The summed E-state index contributed by atoms with van der Waals surface area (Å²) in [5, 5.41) is 9.78. The molecule has 36 heavy (non-hydrogen) atoms. The Balaban J connectivity index is 1.88. The lowest BCUT2D eigenvalue weighted by Gasteiger charge is -2.43. The Morgan fingerprint density at radius 2 is 1.47 bits per heavy atom. The van der Waals surface area contributed by atoms with Gasteiger partial charge in [-0.2, -0.15) is 0 Å². The van der Waals surface area contributed by atoms with E-state index in [0.29, 0.717) is 18.1 Å². The van der Waals surface area contributed by atoms with Gasteiger partial charge in [0.1, 0.15) is 5.82 Å². The normalized spacial score (nSPS) is 12.7. The van der Waals surface area contributed by atoms with Gasteiger partial charge in [-0.3, -0.25) is 0 Å². The van der Waals surface area contributed by atoms with Crippen LogP contribution in [0.2, 0.25) is 5.04 Å². The fraction of sp³-hybridized carbons (Fsp3) is 0.367. The van der Waals surface area contributed by atoms with Crippen LogP contribution in [0.25, 0.3) is 0 Å². The second-order valence-electron chi connectivity index (χ2n) is 10.2. The predicted octanol–water partition coefficient (Wildman–Crippen LogP) is 6.10. The van der Waals surface area contributed by atoms with Crippen molar-refractivity contribution in [2.75, 3.05) is 13.2 Å². The van der Waals surface area contributed by atoms with Crippen LogP contribution in [0.1, 0.15) is 58.6 Å². The van der Waals surface area contributed by atoms with Crippen LogP contribution in [0.4, 0.5) is 4.39 Å². The molecule has 3 nitrogen and oxygen atoms in total. The molecular formula is C30H39FN2OSSi. The summed E-state index contributed by atoms with van der Waals surface area (Å²) in [5.74, 6) is -0.246. The van der Waals surface area contributed by atoms with E-state index in [4.69, 9.17) is 16.6 Å². The number of hydrogen-bond acceptors (Lipinski definition) is 2. The molecule has 192 valence electrons. The van der Waals surface area contributed by atoms with Gasteiger partial charge >= 0.3 is 0 Å². The Kier molecular flexibility index (Phi) is 10.2. The van der Waals surface area contributed by atoms with Crippen molar-refractivity contribution >= 4 is 36.0 Å². The number of nitrogens with one attached hydrogen (secondary N) is 2. The first-order valence-electron chi connectivity index (χ1n) is 12.8. The van der Waals surface area contributed by atoms with Crippen molar-refractivity contribution in [2.45, 2.75) is 58.0 Å². The number of hydrogen-bond donors (Lipinski definition) is 2. The molecule has 0 fully saturated rings. The van der Waals surface area contributed by atoms with Gasteiger partial charge in [-0.15, -0.1) is 0 Å². The zero-order valence-corrected chi connectivity index (χ0v) is 23.7. The molecule has 3 aromatic carbocycles. The van der Waals surface area contributed by atoms with Crippen molar-refractivity contribution < 1.29 is 8.82 Å². The van der Waals surface area contributed by atoms with E-state index in [-0.39, 0.29) is 16.9 Å². The van der Waals surface area contributed by atoms with Gasteiger partial charge in [0.15, 0.2) is 5.11 Å². The van der Waals surface area contributed by atoms with Gasteiger partial charge < -0.3 is 15.1 Å². The van der Waals surface area contributed by atoms with Crippen molar-refractivity contribution in [3.8, 4) is 0 Å². The predicted molar refractivity (Wildman–Crippen MR) is 156 cm³/mol. The van der Waals surface area contributed by atoms with Gasteiger partial charge in [-0.1, -0.05) is 107 Å². The maximum atomic E-state index is 13.7. The average Bonchev–Trinajstić information content (AvgIpc) is 2.87. The van der Waals surface area contributed by atoms with Crippen molar-refractivity contribution in [3.05, 3.63) is 96.3 Å². The summed E-state index contributed by atoms with van der Waals surface area (Å²) in [4.78, 5) is 0. The molecule has 3 rings (SSSR count). The highest BCUT2D eigenvalue weighted by Gasteiger charge is 2.50. The minimum Gasteiger partial charge on any atom is -0.407 e. The largest absolute Gasteiger partial charge is 0.407 e. The van der Waals surface area contributed by atoms with Crippen LogP contribution < -0.4 is 21.0 Å². The number of unbranched alkanes of at least 4 members (excludes halogenated alkanes) is 1. The Morgan fingerprint density at radius 3 is 1.97 bits per heavy atom. The van der Waals surface area contributed by atoms with E-state index in [0.717, 1.165) is 24.9 Å². The van der Waals surface area contributed by atoms with E-state index in [1.165, 1.54) is 22.5 Å². The summed E-state index contributed by atoms with van der Waals surface area (Å²) >= 11 is 5.58. The second-order valence-corrected chi connectivity index (χ2v) is 14.9. The smallest absolute Gasteiger partial charge is 0.261 e. The van der Waals surface area contributed by atoms with E-state index in [1.807, 2.05) is 12.1 Å². The average molecular weight is 523 g/mol. The minimum absolute atomic E-state index is 0.0917. The third kappa shape index (κ3) is 7.02. The number of benzene rings is 3. The highest BCUT2D eigenvalue weighted by Crippen LogP contribution is 2.37. The molecule has 0 radical (unpaired) electrons. The fourth-order valence-electron chi connectivity index (χ4n) is 4.70. The molecule has 0 saturated heterocycles. The Morgan fingerprint density at radius 1 is 0.917 bits per heavy atom. The van der Waals surface area contributed by atoms with Gasteiger partial charge in [0, 0.05) is 13.2 Å². The van der Waals surface area contributed by atoms with Crippen LogP contribution in [0.15, 0.2) is 84.9 Å². The molecule has 0 aliphatic carbocycles. The lowest BCUT2D eigenvalue weighted by molar-refractivity contribution is 0.276. The first-order chi connectivity index (χ1) is 17.3. The highest BCUT2D eigenvalue weighted by atomic mass is 32.1. The summed E-state index contributed by atoms with van der Waals surface area (Å²) in [7, 11) is -2.63. The molecule has 0 unspecified atom stereocenters. The molecule has 0 heterocycles. The maximum Gasteiger partial charge on any atom is 0.261 e. The standard InChI is InChI=1S/C30H39FN2OSSi/c1-5-6-22-32-29(35)33-28(24-17-19-25(31)20-18-24)21-23-34-36(30(2,3)4,26-13-9-7-10-14-26)27-15-11-8-12-16-27/h7-20,28H,5-6,21-23H2,1-4H3,(H2,32,33,35)/t28-/m1/s1. The van der Waals surface area contributed by atoms with Gasteiger partial charge in [0.25, 0.3) is 8.32 Å². The molecule has 0 aliphatic rings. The molecule has 0 aromatic heterocycles. The Bertz CT molecular complexity index is 1030. The topological polar surface area (TPSA) is 33.3 Å². The van der Waals surface area contributed by atoms with E-state index < -0.39 is 8.32 Å². The van der Waals surface area contributed by atoms with Crippen molar-refractivity contribution in [3.63, 3.8) is 0 Å². The monoisotopic (exact) mass is 522 g/mol. The molecule has 0 bridgehead atoms. The third-order valence-corrected chi connectivity index (χ3v) is 11.8. The summed E-state index contributed by atoms with van der Waals surface area (Å²) in [6.07, 6.45) is 2.86. The van der Waals surface area contributed by atoms with Crippen LogP contribution >= 0.6 is 12.2 Å². The van der Waals surface area contributed by atoms with Gasteiger partial charge in [-0.25, -0.2) is 4.39 Å². The molecule has 1 atom stereocenters. The lowest BCUT2D eigenvalue weighted by atomic mass is 10.0. The molecular weight excluding hydrogens is 483 g/mol. The van der Waals surface area contributed by atoms with Crippen molar-refractivity contribution in [2.24, 2.45) is 0 Å². The van der Waals surface area contributed by atoms with Gasteiger partial charge in [0.05, 0.1) is 6.04 Å². The number of thiocarbonyl (C=S) groups is 1. The lowest BCUT2D eigenvalue weighted by Crippen LogP contribution is -2.66. The Labute approximate surface area is 222 Å². The maximum absolute atomic E-state index is 13.7. The molecule has 6 heteroatoms. The summed E-state index contributed by atoms with van der Waals surface area (Å²) in [5.41, 5.74) is 0.988. The van der Waals surface area contributed by atoms with Crippen molar-refractivity contribution in [1.82, 2.24) is 10.6 Å². The van der Waals surface area contributed by atoms with Crippen LogP contribution in [0, 0.1) is 5.82 Å². The van der Waals surface area contributed by atoms with E-state index >= 15 is 0 Å². The van der Waals surface area contributed by atoms with Crippen LogP contribution in [0.3, 0.4) is 0 Å². The zero-order chi connectivity index (χ0) is 26.0. The van der Waals surface area contributed by atoms with Crippen molar-refractivity contribution in [1.29, 1.82) is 0 Å². The first kappa shape index (κ1) is 28.0. The number of halogens is 1. The molecule has 2 N–H and O–H groups in total. The quantitative estimate of drug-likeness (QED) is 0.181. The minimum atomic E-state index is -2.63. The summed E-state index contributed by atoms with van der Waals surface area (Å²) < 4.78 is 20.7. The molecule has 0 amide bonds. The second kappa shape index (κ2) is 13.1. The van der Waals surface area contributed by atoms with Crippen LogP contribution in [-0.2, 0) is 4.43 Å². The Hall–Kier alpha value is -2.54. The highest BCUT2D eigenvalue weighted by molar-refractivity contribution is 7.80. The fourth-order valence-corrected chi connectivity index (χ4v) is 9.52. The summed E-state index contributed by atoms with van der Waals surface area (Å²) in [6, 6.07) is 27.9. The van der Waals surface area contributed by atoms with Crippen LogP contribution in [0.5, 0.6) is 0 Å². The van der Waals surface area contributed by atoms with Crippen LogP contribution in [-0.4, -0.2) is 26.6 Å². The summed E-state index contributed by atoms with van der Waals surface area (Å²) in [6.45, 7) is 10.4. The van der Waals surface area contributed by atoms with E-state index in [1.54, 1.807) is 0 Å². The van der Waals surface area contributed by atoms with Gasteiger partial charge in [-0.05, 0) is 58.2 Å². The third-order valence-electron chi connectivity index (χ3n) is 6.54. The molecule has 0 saturated carbocycles. The SMILES string of the molecule is CCCCNC(=S)N[C@H](CCO[Si](c1ccccc1)(c1ccccc1)C(C)(C)C)c1ccc(F)cc1. The van der Waals surface area contributed by atoms with E-state index in [2.05, 4.69) is 99.0 Å². The molecule has 3 aromatic rings. The molecule has 0 spiro atoms. The zero-order valence-electron chi connectivity index (χ0n) is 21.9.